The summed E-state index contributed by atoms with van der Waals surface area (Å²) < 4.78 is 37.2. The van der Waals surface area contributed by atoms with Crippen LogP contribution in [0.25, 0.3) is 0 Å². The van der Waals surface area contributed by atoms with E-state index in [1.165, 1.54) is 18.2 Å². The minimum atomic E-state index is -3.94. The Balaban J connectivity index is 2.05. The molecule has 8 nitrogen and oxygen atoms in total. The van der Waals surface area contributed by atoms with Gasteiger partial charge in [0, 0.05) is 12.2 Å². The number of ether oxygens (including phenoxy) is 2. The summed E-state index contributed by atoms with van der Waals surface area (Å²) in [6.07, 6.45) is 0.134. The fraction of sp³-hybridized carbons (Fsp3) is 0.364. The van der Waals surface area contributed by atoms with Crippen LogP contribution >= 0.6 is 11.6 Å². The Hall–Kier alpha value is -2.62. The Morgan fingerprint density at radius 3 is 2.28 bits per heavy atom. The molecule has 0 atom stereocenters. The first kappa shape index (κ1) is 25.6. The van der Waals surface area contributed by atoms with E-state index < -0.39 is 15.9 Å². The number of nitrogens with one attached hydrogen (secondary N) is 1. The van der Waals surface area contributed by atoms with Crippen LogP contribution in [0.2, 0.25) is 5.02 Å². The summed E-state index contributed by atoms with van der Waals surface area (Å²) in [5.74, 6) is -0.437. The monoisotopic (exact) mass is 482 g/mol. The van der Waals surface area contributed by atoms with Gasteiger partial charge in [0.1, 0.15) is 5.75 Å². The second-order valence-corrected chi connectivity index (χ2v) is 9.03. The lowest BCUT2D eigenvalue weighted by atomic mass is 10.1. The van der Waals surface area contributed by atoms with Crippen molar-refractivity contribution in [1.29, 1.82) is 0 Å². The molecule has 0 saturated heterocycles. The first-order valence-electron chi connectivity index (χ1n) is 10.2. The highest BCUT2D eigenvalue weighted by Gasteiger charge is 2.26. The number of halogens is 1. The van der Waals surface area contributed by atoms with Crippen LogP contribution in [0.1, 0.15) is 26.3 Å². The minimum Gasteiger partial charge on any atom is -0.492 e. The van der Waals surface area contributed by atoms with E-state index in [9.17, 15) is 18.0 Å². The number of esters is 1. The van der Waals surface area contributed by atoms with Crippen LogP contribution in [0.5, 0.6) is 5.75 Å². The van der Waals surface area contributed by atoms with E-state index in [0.29, 0.717) is 24.7 Å². The van der Waals surface area contributed by atoms with Crippen LogP contribution in [0.15, 0.2) is 47.4 Å². The highest BCUT2D eigenvalue weighted by Crippen LogP contribution is 2.28. The van der Waals surface area contributed by atoms with Crippen LogP contribution in [0.3, 0.4) is 0 Å². The van der Waals surface area contributed by atoms with Gasteiger partial charge in [0.15, 0.2) is 0 Å². The molecule has 32 heavy (non-hydrogen) atoms. The lowest BCUT2D eigenvalue weighted by Crippen LogP contribution is -2.37. The number of amides is 1. The zero-order chi connectivity index (χ0) is 23.7. The number of hydrogen-bond donors (Lipinski definition) is 1. The third-order valence-corrected chi connectivity index (χ3v) is 6.62. The summed E-state index contributed by atoms with van der Waals surface area (Å²) in [6, 6.07) is 10.9. The molecule has 0 aromatic heterocycles. The van der Waals surface area contributed by atoms with Crippen LogP contribution in [-0.2, 0) is 30.8 Å². The molecule has 0 aliphatic carbocycles. The third kappa shape index (κ3) is 6.94. The SMILES string of the molecule is CCOC(=O)Cc1ccc(NC(=O)CN(CC)S(=O)(=O)c2ccc(OCC)c(Cl)c2)cc1. The maximum atomic E-state index is 13.0. The number of hydrogen-bond acceptors (Lipinski definition) is 6. The predicted octanol–water partition coefficient (Wildman–Crippen LogP) is 3.49. The van der Waals surface area contributed by atoms with Crippen molar-refractivity contribution in [2.24, 2.45) is 0 Å². The lowest BCUT2D eigenvalue weighted by molar-refractivity contribution is -0.142. The van der Waals surface area contributed by atoms with E-state index in [-0.39, 0.29) is 35.4 Å². The fourth-order valence-corrected chi connectivity index (χ4v) is 4.61. The molecule has 2 aromatic carbocycles. The van der Waals surface area contributed by atoms with Gasteiger partial charge in [-0.1, -0.05) is 30.7 Å². The molecule has 0 spiro atoms. The number of sulfonamides is 1. The van der Waals surface area contributed by atoms with Crippen LogP contribution in [0.4, 0.5) is 5.69 Å². The first-order valence-corrected chi connectivity index (χ1v) is 12.0. The third-order valence-electron chi connectivity index (χ3n) is 4.41. The van der Waals surface area contributed by atoms with Gasteiger partial charge >= 0.3 is 5.97 Å². The Morgan fingerprint density at radius 1 is 1.03 bits per heavy atom. The zero-order valence-electron chi connectivity index (χ0n) is 18.3. The standard InChI is InChI=1S/C22H27ClN2O6S/c1-4-25(32(28,29)18-11-12-20(30-5-2)19(23)14-18)15-21(26)24-17-9-7-16(8-10-17)13-22(27)31-6-3/h7-12,14H,4-6,13,15H2,1-3H3,(H,24,26). The molecule has 1 N–H and O–H groups in total. The summed E-state index contributed by atoms with van der Waals surface area (Å²) in [5, 5.41) is 2.84. The lowest BCUT2D eigenvalue weighted by Gasteiger charge is -2.20. The number of carbonyl (C=O) groups excluding carboxylic acids is 2. The van der Waals surface area contributed by atoms with E-state index in [4.69, 9.17) is 21.1 Å². The summed E-state index contributed by atoms with van der Waals surface area (Å²) in [4.78, 5) is 24.0. The van der Waals surface area contributed by atoms with Gasteiger partial charge in [-0.15, -0.1) is 0 Å². The largest absolute Gasteiger partial charge is 0.492 e. The fourth-order valence-electron chi connectivity index (χ4n) is 2.88. The van der Waals surface area contributed by atoms with Gasteiger partial charge in [0.25, 0.3) is 0 Å². The molecule has 0 saturated carbocycles. The van der Waals surface area contributed by atoms with Crippen LogP contribution < -0.4 is 10.1 Å². The van der Waals surface area contributed by atoms with Gasteiger partial charge in [-0.2, -0.15) is 4.31 Å². The van der Waals surface area contributed by atoms with Gasteiger partial charge in [-0.05, 0) is 49.7 Å². The number of carbonyl (C=O) groups is 2. The molecule has 0 heterocycles. The number of likely N-dealkylation sites (N-methyl/N-ethyl adjacent to an activating group) is 1. The molecule has 10 heteroatoms. The molecule has 0 fully saturated rings. The molecule has 2 aromatic rings. The normalized spacial score (nSPS) is 11.3. The molecule has 0 radical (unpaired) electrons. The van der Waals surface area contributed by atoms with E-state index in [1.54, 1.807) is 45.0 Å². The van der Waals surface area contributed by atoms with E-state index in [0.717, 1.165) is 9.87 Å². The minimum absolute atomic E-state index is 0.0241. The van der Waals surface area contributed by atoms with Crippen molar-refractivity contribution >= 4 is 39.2 Å². The number of benzene rings is 2. The molecule has 0 unspecified atom stereocenters. The average Bonchev–Trinajstić information content (AvgIpc) is 2.75. The Morgan fingerprint density at radius 2 is 1.72 bits per heavy atom. The molecule has 1 amide bonds. The quantitative estimate of drug-likeness (QED) is 0.492. The molecule has 174 valence electrons. The molecular formula is C22H27ClN2O6S. The van der Waals surface area contributed by atoms with Crippen molar-refractivity contribution in [3.63, 3.8) is 0 Å². The zero-order valence-corrected chi connectivity index (χ0v) is 19.8. The van der Waals surface area contributed by atoms with Crippen molar-refractivity contribution in [2.75, 3.05) is 31.6 Å². The van der Waals surface area contributed by atoms with Gasteiger partial charge in [0.05, 0.1) is 36.1 Å². The van der Waals surface area contributed by atoms with Gasteiger partial charge < -0.3 is 14.8 Å². The Kier molecular flexibility index (Phi) is 9.49. The highest BCUT2D eigenvalue weighted by molar-refractivity contribution is 7.89. The molecular weight excluding hydrogens is 456 g/mol. The van der Waals surface area contributed by atoms with Crippen molar-refractivity contribution in [2.45, 2.75) is 32.1 Å². The summed E-state index contributed by atoms with van der Waals surface area (Å²) in [7, 11) is -3.94. The van der Waals surface area contributed by atoms with E-state index >= 15 is 0 Å². The number of rotatable bonds is 11. The van der Waals surface area contributed by atoms with Gasteiger partial charge in [0.2, 0.25) is 15.9 Å². The summed E-state index contributed by atoms with van der Waals surface area (Å²) in [5.41, 5.74) is 1.23. The smallest absolute Gasteiger partial charge is 0.310 e. The highest BCUT2D eigenvalue weighted by atomic mass is 35.5. The van der Waals surface area contributed by atoms with Gasteiger partial charge in [-0.3, -0.25) is 9.59 Å². The van der Waals surface area contributed by atoms with E-state index in [1.807, 2.05) is 0 Å². The molecule has 2 rings (SSSR count). The predicted molar refractivity (Wildman–Crippen MR) is 122 cm³/mol. The first-order chi connectivity index (χ1) is 15.2. The van der Waals surface area contributed by atoms with Gasteiger partial charge in [-0.25, -0.2) is 8.42 Å². The molecule has 0 aliphatic rings. The number of nitrogens with zero attached hydrogens (tertiary/aromatic N) is 1. The Bertz CT molecular complexity index is 1040. The van der Waals surface area contributed by atoms with Crippen molar-refractivity contribution < 1.29 is 27.5 Å². The van der Waals surface area contributed by atoms with E-state index in [2.05, 4.69) is 5.32 Å². The van der Waals surface area contributed by atoms with Crippen LogP contribution in [0, 0.1) is 0 Å². The summed E-state index contributed by atoms with van der Waals surface area (Å²) in [6.45, 7) is 5.62. The van der Waals surface area contributed by atoms with Crippen LogP contribution in [-0.4, -0.2) is 50.9 Å². The average molecular weight is 483 g/mol. The van der Waals surface area contributed by atoms with Crippen molar-refractivity contribution in [1.82, 2.24) is 4.31 Å². The maximum Gasteiger partial charge on any atom is 0.310 e. The Labute approximate surface area is 193 Å². The molecule has 0 aliphatic heterocycles. The second kappa shape index (κ2) is 11.8. The molecule has 0 bridgehead atoms. The second-order valence-electron chi connectivity index (χ2n) is 6.68. The number of anilines is 1. The maximum absolute atomic E-state index is 13.0. The topological polar surface area (TPSA) is 102 Å². The summed E-state index contributed by atoms with van der Waals surface area (Å²) >= 11 is 6.12. The van der Waals surface area contributed by atoms with Crippen molar-refractivity contribution in [3.8, 4) is 5.75 Å². The van der Waals surface area contributed by atoms with Crippen molar-refractivity contribution in [3.05, 3.63) is 53.1 Å².